The Hall–Kier alpha value is -0.370. The molecule has 1 amide bonds. The molecule has 0 spiro atoms. The van der Waals surface area contributed by atoms with Crippen molar-refractivity contribution < 1.29 is 9.53 Å². The highest BCUT2D eigenvalue weighted by atomic mass is 35.5. The summed E-state index contributed by atoms with van der Waals surface area (Å²) < 4.78 is 5.34. The van der Waals surface area contributed by atoms with Gasteiger partial charge in [-0.2, -0.15) is 0 Å². The van der Waals surface area contributed by atoms with Gasteiger partial charge < -0.3 is 15.4 Å². The Labute approximate surface area is 160 Å². The largest absolute Gasteiger partial charge is 0.378 e. The molecule has 24 heavy (non-hydrogen) atoms. The third-order valence-corrected chi connectivity index (χ3v) is 5.23. The number of nitrogens with one attached hydrogen (secondary N) is 2. The van der Waals surface area contributed by atoms with E-state index >= 15 is 0 Å². The van der Waals surface area contributed by atoms with Crippen molar-refractivity contribution in [2.24, 2.45) is 5.92 Å². The molecule has 3 rings (SSSR count). The average Bonchev–Trinajstić information content (AvgIpc) is 3.07. The zero-order valence-corrected chi connectivity index (χ0v) is 16.2. The highest BCUT2D eigenvalue weighted by molar-refractivity contribution is 7.09. The van der Waals surface area contributed by atoms with Crippen LogP contribution in [0.5, 0.6) is 0 Å². The Kier molecular flexibility index (Phi) is 10.2. The van der Waals surface area contributed by atoms with E-state index in [1.807, 2.05) is 11.3 Å². The van der Waals surface area contributed by atoms with Gasteiger partial charge in [-0.3, -0.25) is 9.69 Å². The van der Waals surface area contributed by atoms with Gasteiger partial charge in [-0.15, -0.1) is 36.2 Å². The SMILES string of the molecule is Cl.Cl.O=C(NCC1CCCN(Cc2cccs2)C1)C1COCCN1. The van der Waals surface area contributed by atoms with Crippen LogP contribution in [-0.4, -0.2) is 56.2 Å². The molecule has 138 valence electrons. The number of carbonyl (C=O) groups is 1. The van der Waals surface area contributed by atoms with Crippen molar-refractivity contribution >= 4 is 42.1 Å². The fourth-order valence-electron chi connectivity index (χ4n) is 3.19. The standard InChI is InChI=1S/C16H25N3O2S.2ClH/c20-16(15-12-21-7-5-17-15)18-9-13-3-1-6-19(10-13)11-14-4-2-8-22-14;;/h2,4,8,13,15,17H,1,3,5-7,9-12H2,(H,18,20);2*1H. The Morgan fingerprint density at radius 1 is 1.46 bits per heavy atom. The summed E-state index contributed by atoms with van der Waals surface area (Å²) in [7, 11) is 0. The van der Waals surface area contributed by atoms with Crippen LogP contribution in [0.2, 0.25) is 0 Å². The van der Waals surface area contributed by atoms with Crippen molar-refractivity contribution in [3.05, 3.63) is 22.4 Å². The number of halogens is 2. The van der Waals surface area contributed by atoms with Crippen molar-refractivity contribution in [2.75, 3.05) is 39.4 Å². The van der Waals surface area contributed by atoms with E-state index in [-0.39, 0.29) is 36.8 Å². The molecule has 2 fully saturated rings. The molecule has 1 aromatic rings. The van der Waals surface area contributed by atoms with Gasteiger partial charge in [0.05, 0.1) is 13.2 Å². The Bertz CT molecular complexity index is 470. The molecule has 8 heteroatoms. The quantitative estimate of drug-likeness (QED) is 0.799. The molecule has 5 nitrogen and oxygen atoms in total. The summed E-state index contributed by atoms with van der Waals surface area (Å²) in [5.74, 6) is 0.636. The average molecular weight is 396 g/mol. The Balaban J connectivity index is 0.00000144. The monoisotopic (exact) mass is 395 g/mol. The van der Waals surface area contributed by atoms with Gasteiger partial charge in [-0.25, -0.2) is 0 Å². The van der Waals surface area contributed by atoms with Gasteiger partial charge in [-0.1, -0.05) is 6.07 Å². The number of morpholine rings is 1. The second kappa shape index (κ2) is 11.3. The van der Waals surface area contributed by atoms with E-state index in [0.717, 1.165) is 26.2 Å². The highest BCUT2D eigenvalue weighted by Gasteiger charge is 2.24. The van der Waals surface area contributed by atoms with E-state index in [9.17, 15) is 4.79 Å². The van der Waals surface area contributed by atoms with Crippen LogP contribution in [0.25, 0.3) is 0 Å². The number of hydrogen-bond donors (Lipinski definition) is 2. The number of piperidine rings is 1. The molecule has 2 N–H and O–H groups in total. The van der Waals surface area contributed by atoms with E-state index < -0.39 is 0 Å². The summed E-state index contributed by atoms with van der Waals surface area (Å²) in [5.41, 5.74) is 0. The summed E-state index contributed by atoms with van der Waals surface area (Å²) in [6.45, 7) is 6.01. The van der Waals surface area contributed by atoms with E-state index in [2.05, 4.69) is 33.0 Å². The number of nitrogens with zero attached hydrogens (tertiary/aromatic N) is 1. The summed E-state index contributed by atoms with van der Waals surface area (Å²) >= 11 is 1.82. The van der Waals surface area contributed by atoms with Crippen molar-refractivity contribution in [1.82, 2.24) is 15.5 Å². The van der Waals surface area contributed by atoms with Crippen LogP contribution in [0.3, 0.4) is 0 Å². The highest BCUT2D eigenvalue weighted by Crippen LogP contribution is 2.20. The van der Waals surface area contributed by atoms with Crippen LogP contribution in [-0.2, 0) is 16.1 Å². The lowest BCUT2D eigenvalue weighted by Crippen LogP contribution is -2.52. The van der Waals surface area contributed by atoms with Crippen LogP contribution in [0.1, 0.15) is 17.7 Å². The summed E-state index contributed by atoms with van der Waals surface area (Å²) in [5, 5.41) is 8.43. The van der Waals surface area contributed by atoms with Gasteiger partial charge in [-0.05, 0) is 36.8 Å². The van der Waals surface area contributed by atoms with Gasteiger partial charge in [0.25, 0.3) is 0 Å². The lowest BCUT2D eigenvalue weighted by Gasteiger charge is -2.33. The van der Waals surface area contributed by atoms with Crippen molar-refractivity contribution in [3.8, 4) is 0 Å². The first kappa shape index (κ1) is 21.7. The minimum atomic E-state index is -0.181. The minimum Gasteiger partial charge on any atom is -0.378 e. The number of likely N-dealkylation sites (tertiary alicyclic amines) is 1. The zero-order valence-electron chi connectivity index (χ0n) is 13.7. The first-order valence-electron chi connectivity index (χ1n) is 8.15. The molecule has 2 unspecified atom stereocenters. The number of amides is 1. The van der Waals surface area contributed by atoms with E-state index in [1.54, 1.807) is 0 Å². The number of hydrogen-bond acceptors (Lipinski definition) is 5. The molecule has 2 atom stereocenters. The van der Waals surface area contributed by atoms with Crippen molar-refractivity contribution in [3.63, 3.8) is 0 Å². The van der Waals surface area contributed by atoms with Gasteiger partial charge >= 0.3 is 0 Å². The predicted molar refractivity (Wildman–Crippen MR) is 102 cm³/mol. The number of carbonyl (C=O) groups excluding carboxylic acids is 1. The molecule has 3 heterocycles. The number of ether oxygens (including phenoxy) is 1. The van der Waals surface area contributed by atoms with E-state index in [1.165, 1.54) is 24.3 Å². The second-order valence-corrected chi connectivity index (χ2v) is 7.18. The molecular weight excluding hydrogens is 369 g/mol. The minimum absolute atomic E-state index is 0. The van der Waals surface area contributed by atoms with Crippen molar-refractivity contribution in [1.29, 1.82) is 0 Å². The normalized spacial score (nSPS) is 24.5. The smallest absolute Gasteiger partial charge is 0.239 e. The van der Waals surface area contributed by atoms with Gasteiger partial charge in [0.1, 0.15) is 6.04 Å². The van der Waals surface area contributed by atoms with Gasteiger partial charge in [0.2, 0.25) is 5.91 Å². The molecule has 2 saturated heterocycles. The van der Waals surface area contributed by atoms with Crippen LogP contribution < -0.4 is 10.6 Å². The fraction of sp³-hybridized carbons (Fsp3) is 0.688. The zero-order chi connectivity index (χ0) is 15.2. The fourth-order valence-corrected chi connectivity index (χ4v) is 3.93. The van der Waals surface area contributed by atoms with Crippen LogP contribution in [0, 0.1) is 5.92 Å². The molecule has 0 saturated carbocycles. The molecule has 0 radical (unpaired) electrons. The number of rotatable bonds is 5. The van der Waals surface area contributed by atoms with Crippen LogP contribution in [0.4, 0.5) is 0 Å². The number of thiophene rings is 1. The molecule has 0 aromatic carbocycles. The summed E-state index contributed by atoms with van der Waals surface area (Å²) in [4.78, 5) is 16.0. The molecular formula is C16H27Cl2N3O2S. The lowest BCUT2D eigenvalue weighted by molar-refractivity contribution is -0.126. The molecule has 2 aliphatic rings. The van der Waals surface area contributed by atoms with Crippen LogP contribution >= 0.6 is 36.2 Å². The Morgan fingerprint density at radius 2 is 2.33 bits per heavy atom. The maximum absolute atomic E-state index is 12.1. The Morgan fingerprint density at radius 3 is 3.04 bits per heavy atom. The van der Waals surface area contributed by atoms with E-state index in [0.29, 0.717) is 19.1 Å². The first-order valence-corrected chi connectivity index (χ1v) is 9.03. The molecule has 0 aliphatic carbocycles. The maximum Gasteiger partial charge on any atom is 0.239 e. The van der Waals surface area contributed by atoms with Gasteiger partial charge in [0, 0.05) is 31.1 Å². The van der Waals surface area contributed by atoms with Crippen molar-refractivity contribution in [2.45, 2.75) is 25.4 Å². The summed E-state index contributed by atoms with van der Waals surface area (Å²) in [6.07, 6.45) is 2.42. The maximum atomic E-state index is 12.1. The topological polar surface area (TPSA) is 53.6 Å². The molecule has 2 aliphatic heterocycles. The third-order valence-electron chi connectivity index (χ3n) is 4.37. The molecule has 1 aromatic heterocycles. The summed E-state index contributed by atoms with van der Waals surface area (Å²) in [6, 6.07) is 4.13. The van der Waals surface area contributed by atoms with E-state index in [4.69, 9.17) is 4.74 Å². The molecule has 0 bridgehead atoms. The van der Waals surface area contributed by atoms with Crippen LogP contribution in [0.15, 0.2) is 17.5 Å². The third kappa shape index (κ3) is 6.50. The lowest BCUT2D eigenvalue weighted by atomic mass is 9.98. The second-order valence-electron chi connectivity index (χ2n) is 6.15. The first-order chi connectivity index (χ1) is 10.8. The van der Waals surface area contributed by atoms with Gasteiger partial charge in [0.15, 0.2) is 0 Å². The predicted octanol–water partition coefficient (Wildman–Crippen LogP) is 1.91.